The van der Waals surface area contributed by atoms with E-state index in [1.165, 1.54) is 6.92 Å². The standard InChI is InChI=1S/C30H24N4O5/c1-3-39-30(38)34-28(36)24-22-18-8-4-6-10-20(18)32-26(22)27-23(25(24)29(34)37)19-9-5-7-11-21(19)33(27)17-13-12-16(14-17)31-15(2)35/h4-13,16-17,32H,3,14H2,1-2H3,(H,31,35)/t16-,17?/m0/s1. The number of nitrogens with one attached hydrogen (secondary N) is 2. The molecule has 9 heteroatoms. The van der Waals surface area contributed by atoms with Gasteiger partial charge in [0.2, 0.25) is 5.91 Å². The topological polar surface area (TPSA) is 114 Å². The van der Waals surface area contributed by atoms with Gasteiger partial charge in [-0.1, -0.05) is 48.6 Å². The molecule has 0 saturated heterocycles. The van der Waals surface area contributed by atoms with E-state index in [0.29, 0.717) is 27.6 Å². The molecule has 2 atom stereocenters. The van der Waals surface area contributed by atoms with E-state index in [2.05, 4.69) is 20.9 Å². The molecule has 1 unspecified atom stereocenters. The molecule has 1 aliphatic heterocycles. The molecule has 3 heterocycles. The Hall–Kier alpha value is -4.92. The number of imide groups is 3. The number of hydrogen-bond acceptors (Lipinski definition) is 5. The minimum Gasteiger partial charge on any atom is -0.449 e. The predicted octanol–water partition coefficient (Wildman–Crippen LogP) is 5.19. The zero-order valence-electron chi connectivity index (χ0n) is 21.3. The number of carbonyl (C=O) groups excluding carboxylic acids is 4. The maximum Gasteiger partial charge on any atom is 0.424 e. The number of amides is 4. The van der Waals surface area contributed by atoms with Crippen molar-refractivity contribution in [2.45, 2.75) is 32.4 Å². The molecule has 3 aromatic carbocycles. The van der Waals surface area contributed by atoms with Gasteiger partial charge in [-0.15, -0.1) is 0 Å². The van der Waals surface area contributed by atoms with Crippen LogP contribution in [0.15, 0.2) is 60.7 Å². The fraction of sp³-hybridized carbons (Fsp3) is 0.200. The van der Waals surface area contributed by atoms with E-state index in [9.17, 15) is 19.2 Å². The summed E-state index contributed by atoms with van der Waals surface area (Å²) in [5, 5.41) is 5.76. The molecule has 4 amide bonds. The molecule has 0 fully saturated rings. The van der Waals surface area contributed by atoms with E-state index in [1.807, 2.05) is 54.6 Å². The lowest BCUT2D eigenvalue weighted by molar-refractivity contribution is -0.119. The van der Waals surface area contributed by atoms with Gasteiger partial charge in [0, 0.05) is 45.5 Å². The van der Waals surface area contributed by atoms with Crippen LogP contribution >= 0.6 is 0 Å². The second-order valence-corrected chi connectivity index (χ2v) is 9.92. The van der Waals surface area contributed by atoms with Crippen molar-refractivity contribution in [1.29, 1.82) is 0 Å². The lowest BCUT2D eigenvalue weighted by atomic mass is 9.96. The number of H-pyrrole nitrogens is 1. The highest BCUT2D eigenvalue weighted by atomic mass is 16.6. The van der Waals surface area contributed by atoms with Gasteiger partial charge in [-0.05, 0) is 25.5 Å². The lowest BCUT2D eigenvalue weighted by Gasteiger charge is -2.17. The summed E-state index contributed by atoms with van der Waals surface area (Å²) in [5.41, 5.74) is 3.58. The van der Waals surface area contributed by atoms with Crippen LogP contribution in [0, 0.1) is 0 Å². The van der Waals surface area contributed by atoms with Crippen molar-refractivity contribution in [3.05, 3.63) is 71.8 Å². The molecule has 0 bridgehead atoms. The molecule has 2 N–H and O–H groups in total. The monoisotopic (exact) mass is 520 g/mol. The Morgan fingerprint density at radius 1 is 0.974 bits per heavy atom. The van der Waals surface area contributed by atoms with Crippen molar-refractivity contribution in [2.75, 3.05) is 6.61 Å². The number of nitrogens with zero attached hydrogens (tertiary/aromatic N) is 2. The third-order valence-electron chi connectivity index (χ3n) is 7.67. The molecule has 2 aliphatic rings. The van der Waals surface area contributed by atoms with Crippen LogP contribution in [0.5, 0.6) is 0 Å². The number of fused-ring (bicyclic) bond motifs is 10. The zero-order valence-corrected chi connectivity index (χ0v) is 21.3. The first-order valence-corrected chi connectivity index (χ1v) is 12.9. The van der Waals surface area contributed by atoms with E-state index >= 15 is 0 Å². The highest BCUT2D eigenvalue weighted by molar-refractivity contribution is 6.41. The number of aromatic amines is 1. The second-order valence-electron chi connectivity index (χ2n) is 9.92. The lowest BCUT2D eigenvalue weighted by Crippen LogP contribution is -2.36. The first-order chi connectivity index (χ1) is 18.9. The van der Waals surface area contributed by atoms with Crippen LogP contribution in [0.4, 0.5) is 4.79 Å². The minimum absolute atomic E-state index is 0.0347. The summed E-state index contributed by atoms with van der Waals surface area (Å²) < 4.78 is 7.27. The summed E-state index contributed by atoms with van der Waals surface area (Å²) in [6, 6.07) is 15.1. The van der Waals surface area contributed by atoms with Gasteiger partial charge in [0.1, 0.15) is 0 Å². The predicted molar refractivity (Wildman–Crippen MR) is 147 cm³/mol. The summed E-state index contributed by atoms with van der Waals surface area (Å²) in [6.07, 6.45) is 3.70. The van der Waals surface area contributed by atoms with E-state index in [0.717, 1.165) is 27.3 Å². The Bertz CT molecular complexity index is 1950. The van der Waals surface area contributed by atoms with Crippen LogP contribution in [-0.2, 0) is 9.53 Å². The van der Waals surface area contributed by atoms with Crippen molar-refractivity contribution in [3.8, 4) is 0 Å². The zero-order chi connectivity index (χ0) is 27.0. The van der Waals surface area contributed by atoms with Crippen molar-refractivity contribution < 1.29 is 23.9 Å². The van der Waals surface area contributed by atoms with E-state index < -0.39 is 17.9 Å². The van der Waals surface area contributed by atoms with Crippen LogP contribution in [0.1, 0.15) is 47.0 Å². The van der Waals surface area contributed by atoms with Gasteiger partial charge in [0.25, 0.3) is 11.8 Å². The Morgan fingerprint density at radius 3 is 2.41 bits per heavy atom. The molecule has 0 saturated carbocycles. The highest BCUT2D eigenvalue weighted by Crippen LogP contribution is 2.47. The summed E-state index contributed by atoms with van der Waals surface area (Å²) in [6.45, 7) is 3.16. The molecular weight excluding hydrogens is 496 g/mol. The van der Waals surface area contributed by atoms with E-state index in [1.54, 1.807) is 6.92 Å². The number of benzene rings is 3. The molecule has 0 spiro atoms. The summed E-state index contributed by atoms with van der Waals surface area (Å²) in [5.74, 6) is -1.48. The van der Waals surface area contributed by atoms with Gasteiger partial charge >= 0.3 is 6.09 Å². The van der Waals surface area contributed by atoms with Gasteiger partial charge in [-0.25, -0.2) is 4.79 Å². The SMILES string of the molecule is CCOC(=O)N1C(=O)c2c(c3c4ccccc4n(C4C=C[C@H](NC(C)=O)C4)c3c3[nH]c4ccccc4c23)C1=O. The van der Waals surface area contributed by atoms with Gasteiger partial charge in [-0.3, -0.25) is 14.4 Å². The summed E-state index contributed by atoms with van der Waals surface area (Å²) in [4.78, 5) is 56.4. The number of rotatable bonds is 3. The first-order valence-electron chi connectivity index (χ1n) is 12.9. The summed E-state index contributed by atoms with van der Waals surface area (Å²) in [7, 11) is 0. The Kier molecular flexibility index (Phi) is 4.94. The van der Waals surface area contributed by atoms with Crippen molar-refractivity contribution in [1.82, 2.24) is 19.8 Å². The molecule has 2 aromatic heterocycles. The normalized spacial score (nSPS) is 18.7. The maximum absolute atomic E-state index is 13.9. The average Bonchev–Trinajstić information content (AvgIpc) is 3.65. The molecule has 194 valence electrons. The number of allylic oxidation sites excluding steroid dienone is 1. The van der Waals surface area contributed by atoms with Crippen molar-refractivity contribution in [3.63, 3.8) is 0 Å². The second kappa shape index (κ2) is 8.29. The van der Waals surface area contributed by atoms with Gasteiger partial charge in [0.15, 0.2) is 0 Å². The van der Waals surface area contributed by atoms with Crippen molar-refractivity contribution >= 4 is 67.4 Å². The highest BCUT2D eigenvalue weighted by Gasteiger charge is 2.45. The number of carbonyl (C=O) groups is 4. The number of para-hydroxylation sites is 2. The fourth-order valence-corrected chi connectivity index (χ4v) is 6.27. The van der Waals surface area contributed by atoms with Gasteiger partial charge in [0.05, 0.1) is 34.8 Å². The van der Waals surface area contributed by atoms with Gasteiger partial charge in [-0.2, -0.15) is 4.90 Å². The quantitative estimate of drug-likeness (QED) is 0.251. The van der Waals surface area contributed by atoms with Crippen LogP contribution in [0.2, 0.25) is 0 Å². The number of ether oxygens (including phenoxy) is 1. The van der Waals surface area contributed by atoms with Crippen LogP contribution in [0.3, 0.4) is 0 Å². The van der Waals surface area contributed by atoms with Crippen molar-refractivity contribution in [2.24, 2.45) is 0 Å². The molecule has 5 aromatic rings. The smallest absolute Gasteiger partial charge is 0.424 e. The van der Waals surface area contributed by atoms with Crippen LogP contribution < -0.4 is 5.32 Å². The maximum atomic E-state index is 13.9. The summed E-state index contributed by atoms with van der Waals surface area (Å²) >= 11 is 0. The molecule has 7 rings (SSSR count). The van der Waals surface area contributed by atoms with Crippen LogP contribution in [-0.4, -0.2) is 50.9 Å². The van der Waals surface area contributed by atoms with Crippen LogP contribution in [0.25, 0.3) is 43.6 Å². The third kappa shape index (κ3) is 3.13. The van der Waals surface area contributed by atoms with E-state index in [-0.39, 0.29) is 35.7 Å². The molecule has 9 nitrogen and oxygen atoms in total. The van der Waals surface area contributed by atoms with Gasteiger partial charge < -0.3 is 19.6 Å². The number of hydrogen-bond donors (Lipinski definition) is 2. The Balaban J connectivity index is 1.62. The molecule has 1 aliphatic carbocycles. The Labute approximate surface area is 222 Å². The minimum atomic E-state index is -0.981. The average molecular weight is 521 g/mol. The van der Waals surface area contributed by atoms with E-state index in [4.69, 9.17) is 4.74 Å². The first kappa shape index (κ1) is 23.2. The molecule has 39 heavy (non-hydrogen) atoms. The molecular formula is C30H24N4O5. The Morgan fingerprint density at radius 2 is 1.67 bits per heavy atom. The number of aromatic nitrogens is 2. The third-order valence-corrected chi connectivity index (χ3v) is 7.67. The fourth-order valence-electron chi connectivity index (χ4n) is 6.27. The molecule has 0 radical (unpaired) electrons. The largest absolute Gasteiger partial charge is 0.449 e.